The molecule has 0 rings (SSSR count). The maximum absolute atomic E-state index is 10.4. The van der Waals surface area contributed by atoms with Crippen molar-refractivity contribution < 1.29 is 19.4 Å². The van der Waals surface area contributed by atoms with E-state index in [1.165, 1.54) is 14.2 Å². The van der Waals surface area contributed by atoms with Gasteiger partial charge in [0.05, 0.1) is 6.42 Å². The van der Waals surface area contributed by atoms with Gasteiger partial charge in [-0.3, -0.25) is 4.79 Å². The molecule has 1 atom stereocenters. The second kappa shape index (κ2) is 4.42. The third-order valence-corrected chi connectivity index (χ3v) is 2.19. The predicted octanol–water partition coefficient (Wildman–Crippen LogP) is 1.11. The van der Waals surface area contributed by atoms with Gasteiger partial charge in [0, 0.05) is 20.1 Å². The first-order chi connectivity index (χ1) is 5.46. The van der Waals surface area contributed by atoms with Crippen molar-refractivity contribution in [1.82, 2.24) is 0 Å². The molecule has 0 aromatic heterocycles. The Bertz CT molecular complexity index is 151. The highest BCUT2D eigenvalue weighted by atomic mass is 16.7. The quantitative estimate of drug-likeness (QED) is 0.637. The van der Waals surface area contributed by atoms with Crippen molar-refractivity contribution in [2.75, 3.05) is 14.2 Å². The van der Waals surface area contributed by atoms with Gasteiger partial charge in [-0.2, -0.15) is 0 Å². The lowest BCUT2D eigenvalue weighted by Gasteiger charge is -2.31. The van der Waals surface area contributed by atoms with E-state index in [9.17, 15) is 4.79 Å². The molecule has 0 fully saturated rings. The van der Waals surface area contributed by atoms with Crippen LogP contribution in [0.5, 0.6) is 0 Å². The number of carbonyl (C=O) groups is 1. The molecule has 0 aromatic rings. The van der Waals surface area contributed by atoms with E-state index < -0.39 is 11.8 Å². The lowest BCUT2D eigenvalue weighted by atomic mass is 9.98. The SMILES string of the molecule is COC(C)(OC)C(C)CC(=O)O. The molecule has 0 aliphatic rings. The Morgan fingerprint density at radius 2 is 1.92 bits per heavy atom. The summed E-state index contributed by atoms with van der Waals surface area (Å²) in [5.74, 6) is -1.83. The van der Waals surface area contributed by atoms with Crippen LogP contribution in [-0.2, 0) is 14.3 Å². The van der Waals surface area contributed by atoms with Crippen LogP contribution in [-0.4, -0.2) is 31.1 Å². The summed E-state index contributed by atoms with van der Waals surface area (Å²) in [6.45, 7) is 3.50. The summed E-state index contributed by atoms with van der Waals surface area (Å²) in [6.07, 6.45) is 0.0399. The zero-order chi connectivity index (χ0) is 9.78. The topological polar surface area (TPSA) is 55.8 Å². The minimum atomic E-state index is -0.845. The molecule has 0 amide bonds. The Hall–Kier alpha value is -0.610. The highest BCUT2D eigenvalue weighted by Crippen LogP contribution is 2.24. The average Bonchev–Trinajstić information content (AvgIpc) is 2.02. The number of ether oxygens (including phenoxy) is 2. The van der Waals surface area contributed by atoms with Crippen molar-refractivity contribution in [3.63, 3.8) is 0 Å². The summed E-state index contributed by atoms with van der Waals surface area (Å²) in [6, 6.07) is 0. The summed E-state index contributed by atoms with van der Waals surface area (Å²) in [5, 5.41) is 8.53. The van der Waals surface area contributed by atoms with Crippen LogP contribution in [0.4, 0.5) is 0 Å². The molecule has 0 saturated carbocycles. The van der Waals surface area contributed by atoms with Gasteiger partial charge in [-0.05, 0) is 6.92 Å². The molecular weight excluding hydrogens is 160 g/mol. The molecule has 0 radical (unpaired) electrons. The molecule has 0 bridgehead atoms. The molecule has 0 aromatic carbocycles. The first kappa shape index (κ1) is 11.4. The van der Waals surface area contributed by atoms with Crippen molar-refractivity contribution in [2.24, 2.45) is 5.92 Å². The van der Waals surface area contributed by atoms with Gasteiger partial charge in [0.2, 0.25) is 0 Å². The zero-order valence-corrected chi connectivity index (χ0v) is 7.96. The molecule has 0 saturated heterocycles. The molecule has 0 heterocycles. The van der Waals surface area contributed by atoms with Gasteiger partial charge in [0.15, 0.2) is 5.79 Å². The molecule has 1 N–H and O–H groups in total. The highest BCUT2D eigenvalue weighted by molar-refractivity contribution is 5.67. The molecule has 0 aliphatic carbocycles. The van der Waals surface area contributed by atoms with Crippen LogP contribution in [0.25, 0.3) is 0 Å². The summed E-state index contributed by atoms with van der Waals surface area (Å²) >= 11 is 0. The standard InChI is InChI=1S/C8H16O4/c1-6(5-7(9)10)8(2,11-3)12-4/h6H,5H2,1-4H3,(H,9,10). The first-order valence-electron chi connectivity index (χ1n) is 3.78. The van der Waals surface area contributed by atoms with Gasteiger partial charge >= 0.3 is 5.97 Å². The van der Waals surface area contributed by atoms with Gasteiger partial charge in [0.25, 0.3) is 0 Å². The number of carboxylic acids is 1. The molecule has 1 unspecified atom stereocenters. The molecule has 4 nitrogen and oxygen atoms in total. The second-order valence-corrected chi connectivity index (χ2v) is 2.92. The normalized spacial score (nSPS) is 14.3. The van der Waals surface area contributed by atoms with Crippen molar-refractivity contribution in [3.8, 4) is 0 Å². The van der Waals surface area contributed by atoms with Gasteiger partial charge in [-0.15, -0.1) is 0 Å². The van der Waals surface area contributed by atoms with E-state index in [4.69, 9.17) is 14.6 Å². The Kier molecular flexibility index (Phi) is 4.20. The van der Waals surface area contributed by atoms with Gasteiger partial charge in [0.1, 0.15) is 0 Å². The Labute approximate surface area is 72.5 Å². The van der Waals surface area contributed by atoms with E-state index in [2.05, 4.69) is 0 Å². The van der Waals surface area contributed by atoms with Gasteiger partial charge in [-0.1, -0.05) is 6.92 Å². The van der Waals surface area contributed by atoms with Gasteiger partial charge in [-0.25, -0.2) is 0 Å². The van der Waals surface area contributed by atoms with E-state index in [0.29, 0.717) is 0 Å². The summed E-state index contributed by atoms with van der Waals surface area (Å²) in [7, 11) is 3.00. The van der Waals surface area contributed by atoms with Crippen LogP contribution < -0.4 is 0 Å². The molecular formula is C8H16O4. The van der Waals surface area contributed by atoms with Crippen LogP contribution in [0, 0.1) is 5.92 Å². The van der Waals surface area contributed by atoms with Crippen molar-refractivity contribution in [3.05, 3.63) is 0 Å². The second-order valence-electron chi connectivity index (χ2n) is 2.92. The number of methoxy groups -OCH3 is 2. The van der Waals surface area contributed by atoms with E-state index in [1.54, 1.807) is 13.8 Å². The maximum atomic E-state index is 10.4. The fourth-order valence-electron chi connectivity index (χ4n) is 0.933. The Morgan fingerprint density at radius 1 is 1.50 bits per heavy atom. The lowest BCUT2D eigenvalue weighted by Crippen LogP contribution is -2.38. The molecule has 12 heavy (non-hydrogen) atoms. The van der Waals surface area contributed by atoms with Crippen molar-refractivity contribution in [1.29, 1.82) is 0 Å². The van der Waals surface area contributed by atoms with Crippen LogP contribution in [0.3, 0.4) is 0 Å². The number of carboxylic acid groups (broad SMARTS) is 1. The highest BCUT2D eigenvalue weighted by Gasteiger charge is 2.32. The number of rotatable bonds is 5. The van der Waals surface area contributed by atoms with Crippen molar-refractivity contribution in [2.45, 2.75) is 26.1 Å². The van der Waals surface area contributed by atoms with E-state index in [-0.39, 0.29) is 12.3 Å². The van der Waals surface area contributed by atoms with Gasteiger partial charge < -0.3 is 14.6 Å². The third-order valence-electron chi connectivity index (χ3n) is 2.19. The summed E-state index contributed by atoms with van der Waals surface area (Å²) < 4.78 is 10.1. The lowest BCUT2D eigenvalue weighted by molar-refractivity contribution is -0.225. The Morgan fingerprint density at radius 3 is 2.17 bits per heavy atom. The van der Waals surface area contributed by atoms with E-state index >= 15 is 0 Å². The first-order valence-corrected chi connectivity index (χ1v) is 3.78. The number of hydrogen-bond acceptors (Lipinski definition) is 3. The largest absolute Gasteiger partial charge is 0.481 e. The molecule has 0 spiro atoms. The van der Waals surface area contributed by atoms with Crippen LogP contribution in [0.2, 0.25) is 0 Å². The fraction of sp³-hybridized carbons (Fsp3) is 0.875. The molecule has 72 valence electrons. The predicted molar refractivity (Wildman–Crippen MR) is 43.8 cm³/mol. The minimum absolute atomic E-state index is 0.0399. The zero-order valence-electron chi connectivity index (χ0n) is 7.96. The van der Waals surface area contributed by atoms with Crippen LogP contribution >= 0.6 is 0 Å². The monoisotopic (exact) mass is 176 g/mol. The maximum Gasteiger partial charge on any atom is 0.303 e. The average molecular weight is 176 g/mol. The minimum Gasteiger partial charge on any atom is -0.481 e. The van der Waals surface area contributed by atoms with Crippen LogP contribution in [0.15, 0.2) is 0 Å². The fourth-order valence-corrected chi connectivity index (χ4v) is 0.933. The van der Waals surface area contributed by atoms with E-state index in [0.717, 1.165) is 0 Å². The summed E-state index contributed by atoms with van der Waals surface area (Å²) in [5.41, 5.74) is 0. The van der Waals surface area contributed by atoms with E-state index in [1.807, 2.05) is 0 Å². The smallest absolute Gasteiger partial charge is 0.303 e. The number of hydrogen-bond donors (Lipinski definition) is 1. The Balaban J connectivity index is 4.20. The number of aliphatic carboxylic acids is 1. The molecule has 4 heteroatoms. The van der Waals surface area contributed by atoms with Crippen LogP contribution in [0.1, 0.15) is 20.3 Å². The summed E-state index contributed by atoms with van der Waals surface area (Å²) in [4.78, 5) is 10.4. The third kappa shape index (κ3) is 2.79. The molecule has 0 aliphatic heterocycles. The van der Waals surface area contributed by atoms with Crippen molar-refractivity contribution >= 4 is 5.97 Å².